The molecular weight excluding hydrogens is 743 g/mol. The number of hydrogen-bond acceptors (Lipinski definition) is 9. The first kappa shape index (κ1) is 42.3. The molecule has 14 heteroatoms. The van der Waals surface area contributed by atoms with E-state index in [9.17, 15) is 33.9 Å². The minimum atomic E-state index is -1.36. The molecular formula is C44H47N5O9. The number of benzene rings is 3. The Morgan fingerprint density at radius 2 is 1.40 bits per heavy atom. The van der Waals surface area contributed by atoms with Crippen LogP contribution in [0.4, 0.5) is 4.79 Å². The van der Waals surface area contributed by atoms with E-state index in [1.54, 1.807) is 54.9 Å². The Labute approximate surface area is 336 Å². The molecule has 0 saturated carbocycles. The van der Waals surface area contributed by atoms with Crippen LogP contribution in [-0.2, 0) is 39.9 Å². The van der Waals surface area contributed by atoms with E-state index < -0.39 is 48.0 Å². The largest absolute Gasteiger partial charge is 0.480 e. The van der Waals surface area contributed by atoms with Crippen LogP contribution in [0.15, 0.2) is 109 Å². The van der Waals surface area contributed by atoms with Crippen molar-refractivity contribution < 1.29 is 43.3 Å². The van der Waals surface area contributed by atoms with Crippen LogP contribution in [0.2, 0.25) is 0 Å². The number of rotatable bonds is 20. The number of aromatic nitrogens is 1. The van der Waals surface area contributed by atoms with Gasteiger partial charge in [0.1, 0.15) is 24.7 Å². The molecule has 1 aliphatic rings. The number of carboxylic acid groups (broad SMARTS) is 1. The normalized spacial score (nSPS) is 13.3. The quantitative estimate of drug-likeness (QED) is 0.0481. The van der Waals surface area contributed by atoms with Crippen LogP contribution >= 0.6 is 0 Å². The molecule has 1 aliphatic carbocycles. The number of ether oxygens (including phenoxy) is 2. The van der Waals surface area contributed by atoms with Crippen LogP contribution < -0.4 is 21.3 Å². The predicted molar refractivity (Wildman–Crippen MR) is 215 cm³/mol. The standard InChI is InChI=1S/C44H47N5O9/c1-57-40(51)23-21-37(42(53)48-38(43(54)55)26-29-12-3-2-4-13-29)47-41(52)36(19-9-10-25-46-39(50)22-20-30-14-11-24-45-27-30)49-44(56)58-28-35-33-17-7-5-15-31(33)32-16-6-8-18-34(32)35/h2-8,11-18,20,22,24,27,35-38H,9-10,19,21,23,25-26,28H2,1H3,(H,46,50)(H,47,52)(H,48,53)(H,49,56)(H,54,55)/b22-20+. The molecule has 0 saturated heterocycles. The molecule has 58 heavy (non-hydrogen) atoms. The van der Waals surface area contributed by atoms with Gasteiger partial charge in [0.15, 0.2) is 0 Å². The zero-order valence-electron chi connectivity index (χ0n) is 32.1. The number of nitrogens with one attached hydrogen (secondary N) is 4. The molecule has 1 heterocycles. The first-order valence-electron chi connectivity index (χ1n) is 19.0. The van der Waals surface area contributed by atoms with Gasteiger partial charge in [0.05, 0.1) is 7.11 Å². The molecule has 3 atom stereocenters. The van der Waals surface area contributed by atoms with Gasteiger partial charge in [-0.3, -0.25) is 24.2 Å². The molecule has 4 amide bonds. The fraction of sp³-hybridized carbons (Fsp3) is 0.295. The molecule has 0 aliphatic heterocycles. The van der Waals surface area contributed by atoms with Gasteiger partial charge < -0.3 is 35.8 Å². The van der Waals surface area contributed by atoms with Gasteiger partial charge in [-0.15, -0.1) is 0 Å². The lowest BCUT2D eigenvalue weighted by Crippen LogP contribution is -2.56. The van der Waals surface area contributed by atoms with Crippen molar-refractivity contribution in [2.45, 2.75) is 62.6 Å². The predicted octanol–water partition coefficient (Wildman–Crippen LogP) is 4.54. The van der Waals surface area contributed by atoms with E-state index in [0.717, 1.165) is 27.8 Å². The van der Waals surface area contributed by atoms with Crippen molar-refractivity contribution in [2.75, 3.05) is 20.3 Å². The number of methoxy groups -OCH3 is 1. The summed E-state index contributed by atoms with van der Waals surface area (Å²) in [6.07, 6.45) is 5.82. The van der Waals surface area contributed by atoms with Crippen LogP contribution in [0.3, 0.4) is 0 Å². The van der Waals surface area contributed by atoms with Crippen LogP contribution in [0, 0.1) is 0 Å². The average Bonchev–Trinajstić information content (AvgIpc) is 3.56. The van der Waals surface area contributed by atoms with E-state index in [1.165, 1.54) is 13.2 Å². The molecule has 1 aromatic heterocycles. The summed E-state index contributed by atoms with van der Waals surface area (Å²) in [5.41, 5.74) is 5.55. The Balaban J connectivity index is 1.26. The number of nitrogens with zero attached hydrogens (tertiary/aromatic N) is 1. The molecule has 3 unspecified atom stereocenters. The van der Waals surface area contributed by atoms with Crippen molar-refractivity contribution in [1.82, 2.24) is 26.3 Å². The van der Waals surface area contributed by atoms with Crippen molar-refractivity contribution in [3.63, 3.8) is 0 Å². The maximum absolute atomic E-state index is 13.9. The molecule has 0 fully saturated rings. The van der Waals surface area contributed by atoms with E-state index >= 15 is 0 Å². The highest BCUT2D eigenvalue weighted by Crippen LogP contribution is 2.44. The first-order valence-corrected chi connectivity index (χ1v) is 19.0. The Bertz CT molecular complexity index is 2030. The third-order valence-corrected chi connectivity index (χ3v) is 9.68. The lowest BCUT2D eigenvalue weighted by molar-refractivity contribution is -0.143. The third kappa shape index (κ3) is 12.3. The van der Waals surface area contributed by atoms with Gasteiger partial charge >= 0.3 is 18.0 Å². The smallest absolute Gasteiger partial charge is 0.407 e. The second-order valence-corrected chi connectivity index (χ2v) is 13.7. The van der Waals surface area contributed by atoms with Crippen LogP contribution in [0.5, 0.6) is 0 Å². The number of aliphatic carboxylic acids is 1. The second kappa shape index (κ2) is 21.5. The van der Waals surface area contributed by atoms with Gasteiger partial charge in [-0.05, 0) is 71.2 Å². The lowest BCUT2D eigenvalue weighted by Gasteiger charge is -2.24. The number of amides is 4. The molecule has 302 valence electrons. The Morgan fingerprint density at radius 1 is 0.759 bits per heavy atom. The maximum atomic E-state index is 13.9. The van der Waals surface area contributed by atoms with E-state index in [2.05, 4.69) is 26.3 Å². The van der Waals surface area contributed by atoms with E-state index in [-0.39, 0.29) is 50.7 Å². The molecule has 5 N–H and O–H groups in total. The summed E-state index contributed by atoms with van der Waals surface area (Å²) in [4.78, 5) is 81.5. The van der Waals surface area contributed by atoms with Crippen molar-refractivity contribution in [3.8, 4) is 11.1 Å². The number of carbonyl (C=O) groups excluding carboxylic acids is 5. The highest BCUT2D eigenvalue weighted by molar-refractivity contribution is 5.93. The topological polar surface area (TPSA) is 202 Å². The molecule has 0 spiro atoms. The van der Waals surface area contributed by atoms with Gasteiger partial charge in [-0.1, -0.05) is 84.9 Å². The maximum Gasteiger partial charge on any atom is 0.407 e. The SMILES string of the molecule is COC(=O)CCC(NC(=O)C(CCCCNC(=O)/C=C/c1cccnc1)NC(=O)OCC1c2ccccc2-c2ccccc21)C(=O)NC(Cc1ccccc1)C(=O)O. The zero-order valence-corrected chi connectivity index (χ0v) is 32.1. The minimum Gasteiger partial charge on any atom is -0.480 e. The molecule has 3 aromatic carbocycles. The Kier molecular flexibility index (Phi) is 15.7. The monoisotopic (exact) mass is 789 g/mol. The molecule has 5 rings (SSSR count). The van der Waals surface area contributed by atoms with Gasteiger partial charge in [0, 0.05) is 43.8 Å². The highest BCUT2D eigenvalue weighted by atomic mass is 16.5. The Hall–Kier alpha value is -6.83. The van der Waals surface area contributed by atoms with Gasteiger partial charge in [-0.2, -0.15) is 0 Å². The minimum absolute atomic E-state index is 0.00502. The first-order chi connectivity index (χ1) is 28.1. The average molecular weight is 790 g/mol. The number of unbranched alkanes of at least 4 members (excludes halogenated alkanes) is 1. The highest BCUT2D eigenvalue weighted by Gasteiger charge is 2.32. The van der Waals surface area contributed by atoms with Crippen LogP contribution in [0.1, 0.15) is 60.3 Å². The van der Waals surface area contributed by atoms with Crippen molar-refractivity contribution in [3.05, 3.63) is 132 Å². The summed E-state index contributed by atoms with van der Waals surface area (Å²) >= 11 is 0. The summed E-state index contributed by atoms with van der Waals surface area (Å²) < 4.78 is 10.5. The van der Waals surface area contributed by atoms with Gasteiger partial charge in [0.25, 0.3) is 0 Å². The van der Waals surface area contributed by atoms with Crippen molar-refractivity contribution in [1.29, 1.82) is 0 Å². The lowest BCUT2D eigenvalue weighted by atomic mass is 9.98. The van der Waals surface area contributed by atoms with E-state index in [0.29, 0.717) is 18.4 Å². The fourth-order valence-corrected chi connectivity index (χ4v) is 6.67. The second-order valence-electron chi connectivity index (χ2n) is 13.7. The number of fused-ring (bicyclic) bond motifs is 3. The molecule has 0 radical (unpaired) electrons. The number of hydrogen-bond donors (Lipinski definition) is 5. The summed E-state index contributed by atoms with van der Waals surface area (Å²) in [7, 11) is 1.18. The van der Waals surface area contributed by atoms with Crippen molar-refractivity contribution in [2.24, 2.45) is 0 Å². The zero-order chi connectivity index (χ0) is 41.3. The van der Waals surface area contributed by atoms with Crippen LogP contribution in [-0.4, -0.2) is 84.2 Å². The number of pyridine rings is 1. The fourth-order valence-electron chi connectivity index (χ4n) is 6.67. The summed E-state index contributed by atoms with van der Waals surface area (Å²) in [5.74, 6) is -4.06. The van der Waals surface area contributed by atoms with Crippen molar-refractivity contribution >= 4 is 41.8 Å². The molecule has 14 nitrogen and oxygen atoms in total. The number of carbonyl (C=O) groups is 6. The molecule has 0 bridgehead atoms. The summed E-state index contributed by atoms with van der Waals surface area (Å²) in [5, 5.41) is 20.4. The summed E-state index contributed by atoms with van der Waals surface area (Å²) in [6.45, 7) is 0.270. The van der Waals surface area contributed by atoms with E-state index in [1.807, 2.05) is 54.6 Å². The Morgan fingerprint density at radius 3 is 2.03 bits per heavy atom. The van der Waals surface area contributed by atoms with E-state index in [4.69, 9.17) is 9.47 Å². The van der Waals surface area contributed by atoms with Gasteiger partial charge in [0.2, 0.25) is 17.7 Å². The molecule has 4 aromatic rings. The number of alkyl carbamates (subject to hydrolysis) is 1. The van der Waals surface area contributed by atoms with Gasteiger partial charge in [-0.25, -0.2) is 9.59 Å². The van der Waals surface area contributed by atoms with Crippen LogP contribution in [0.25, 0.3) is 17.2 Å². The summed E-state index contributed by atoms with van der Waals surface area (Å²) in [6, 6.07) is 24.1. The number of carboxylic acids is 1. The number of esters is 1. The third-order valence-electron chi connectivity index (χ3n) is 9.68.